The number of allylic oxidation sites excluding steroid dienone is 1. The highest BCUT2D eigenvalue weighted by Gasteiger charge is 2.13. The van der Waals surface area contributed by atoms with Crippen LogP contribution in [0.5, 0.6) is 0 Å². The van der Waals surface area contributed by atoms with Crippen LogP contribution in [0.4, 0.5) is 5.82 Å². The number of aliphatic hydroxyl groups excluding tert-OH is 1. The number of aromatic nitrogens is 4. The minimum Gasteiger partial charge on any atom is -0.513 e. The zero-order valence-corrected chi connectivity index (χ0v) is 20.0. The number of hydrogen-bond acceptors (Lipinski definition) is 5. The second-order valence-electron chi connectivity index (χ2n) is 7.36. The van der Waals surface area contributed by atoms with Crippen LogP contribution < -0.4 is 5.73 Å². The third-order valence-corrected chi connectivity index (χ3v) is 7.08. The quantitative estimate of drug-likeness (QED) is 0.298. The molecule has 0 amide bonds. The van der Waals surface area contributed by atoms with E-state index in [4.69, 9.17) is 10.8 Å². The monoisotopic (exact) mass is 455 g/mol. The van der Waals surface area contributed by atoms with E-state index in [1.165, 1.54) is 0 Å². The van der Waals surface area contributed by atoms with Gasteiger partial charge in [-0.05, 0) is 50.3 Å². The average Bonchev–Trinajstić information content (AvgIpc) is 3.52. The van der Waals surface area contributed by atoms with E-state index in [1.807, 2.05) is 33.2 Å². The molecule has 1 atom stereocenters. The van der Waals surface area contributed by atoms with Crippen molar-refractivity contribution in [3.63, 3.8) is 0 Å². The molecule has 1 unspecified atom stereocenters. The molecule has 4 aromatic heterocycles. The Labute approximate surface area is 189 Å². The fourth-order valence-electron chi connectivity index (χ4n) is 3.41. The molecule has 6 nitrogen and oxygen atoms in total. The predicted octanol–water partition coefficient (Wildman–Crippen LogP) is 6.86. The largest absolute Gasteiger partial charge is 0.513 e. The van der Waals surface area contributed by atoms with Gasteiger partial charge in [-0.3, -0.25) is 0 Å². The highest BCUT2D eigenvalue weighted by molar-refractivity contribution is 7.35. The van der Waals surface area contributed by atoms with Crippen LogP contribution in [0.1, 0.15) is 45.6 Å². The van der Waals surface area contributed by atoms with Gasteiger partial charge in [-0.2, -0.15) is 21.5 Å². The molecule has 8 heteroatoms. The Morgan fingerprint density at radius 3 is 2.68 bits per heavy atom. The van der Waals surface area contributed by atoms with Crippen LogP contribution in [-0.2, 0) is 6.42 Å². The molecule has 0 aliphatic carbocycles. The molecule has 0 radical (unpaired) electrons. The predicted molar refractivity (Wildman–Crippen MR) is 132 cm³/mol. The number of nitrogen functional groups attached to an aromatic ring is 1. The number of nitrogens with two attached hydrogens (primary N) is 1. The van der Waals surface area contributed by atoms with Crippen molar-refractivity contribution in [2.24, 2.45) is 5.92 Å². The lowest BCUT2D eigenvalue weighted by atomic mass is 10.00. The number of aliphatic hydroxyl groups is 1. The lowest BCUT2D eigenvalue weighted by molar-refractivity contribution is 0.314. The van der Waals surface area contributed by atoms with Gasteiger partial charge in [-0.25, -0.2) is 9.20 Å². The molecule has 0 spiro atoms. The molecule has 3 N–H and O–H groups in total. The second kappa shape index (κ2) is 10.6. The number of rotatable bonds is 7. The third kappa shape index (κ3) is 5.17. The molecule has 4 aromatic rings. The van der Waals surface area contributed by atoms with Gasteiger partial charge < -0.3 is 10.8 Å². The molecule has 4 rings (SSSR count). The summed E-state index contributed by atoms with van der Waals surface area (Å²) < 4.78 is 3.73. The van der Waals surface area contributed by atoms with E-state index < -0.39 is 0 Å². The zero-order chi connectivity index (χ0) is 22.4. The molecule has 164 valence electrons. The molecule has 0 fully saturated rings. The number of fused-ring (bicyclic) bond motifs is 1. The Morgan fingerprint density at radius 1 is 1.29 bits per heavy atom. The van der Waals surface area contributed by atoms with Crippen LogP contribution in [0.15, 0.2) is 53.6 Å². The van der Waals surface area contributed by atoms with Crippen LogP contribution >= 0.6 is 19.5 Å². The molecule has 0 aliphatic heterocycles. The van der Waals surface area contributed by atoms with Gasteiger partial charge in [0.15, 0.2) is 0 Å². The van der Waals surface area contributed by atoms with Gasteiger partial charge >= 0.3 is 0 Å². The van der Waals surface area contributed by atoms with Gasteiger partial charge in [0, 0.05) is 28.6 Å². The van der Waals surface area contributed by atoms with Gasteiger partial charge in [0.2, 0.25) is 0 Å². The minimum atomic E-state index is 0.329. The first-order valence-electron chi connectivity index (χ1n) is 10.6. The molecule has 4 heterocycles. The van der Waals surface area contributed by atoms with E-state index in [0.29, 0.717) is 11.7 Å². The Morgan fingerprint density at radius 2 is 2.10 bits per heavy atom. The van der Waals surface area contributed by atoms with E-state index in [2.05, 4.69) is 54.8 Å². The molecular formula is C23H30N5OPS. The van der Waals surface area contributed by atoms with Crippen molar-refractivity contribution in [1.82, 2.24) is 19.4 Å². The van der Waals surface area contributed by atoms with Gasteiger partial charge in [0.1, 0.15) is 11.1 Å². The standard InChI is InChI=1S/C15H14N5PS.C8H16O/c1-2-10-8-21-15-13(6-18-20(15)14(10)16)11-5-17-19(7-11)12-3-4-22-9-12;1-4-6-8(5-2)7(3)9/h3-9H,2,16H2,1H3;8-9H,3-6H2,1-2H3. The van der Waals surface area contributed by atoms with Crippen molar-refractivity contribution in [2.45, 2.75) is 46.5 Å². The normalized spacial score (nSPS) is 12.1. The summed E-state index contributed by atoms with van der Waals surface area (Å²) in [5.41, 5.74) is 10.6. The fourth-order valence-corrected chi connectivity index (χ4v) is 5.22. The molecule has 0 saturated carbocycles. The van der Waals surface area contributed by atoms with Gasteiger partial charge in [0.05, 0.1) is 23.8 Å². The number of hydrogen-bond donors (Lipinski definition) is 2. The van der Waals surface area contributed by atoms with Crippen molar-refractivity contribution in [3.05, 3.63) is 59.1 Å². The number of aryl methyl sites for hydroxylation is 1. The summed E-state index contributed by atoms with van der Waals surface area (Å²) in [5.74, 6) is 3.57. The average molecular weight is 456 g/mol. The Kier molecular flexibility index (Phi) is 7.88. The van der Waals surface area contributed by atoms with Crippen LogP contribution in [0.2, 0.25) is 0 Å². The van der Waals surface area contributed by atoms with Crippen molar-refractivity contribution >= 4 is 30.6 Å². The lowest BCUT2D eigenvalue weighted by Crippen LogP contribution is -2.01. The lowest BCUT2D eigenvalue weighted by Gasteiger charge is -2.10. The molecule has 0 saturated heterocycles. The SMILES string of the molecule is C=C(O)C(CC)CCC.CCc1cpc2c(-c3cnn(-c4ccsc4)c3)cnn2c1N. The molecule has 0 bridgehead atoms. The maximum absolute atomic E-state index is 8.95. The first kappa shape index (κ1) is 23.0. The van der Waals surface area contributed by atoms with Crippen molar-refractivity contribution in [3.8, 4) is 16.8 Å². The fraction of sp³-hybridized carbons (Fsp3) is 0.348. The van der Waals surface area contributed by atoms with E-state index in [-0.39, 0.29) is 0 Å². The summed E-state index contributed by atoms with van der Waals surface area (Å²) in [7, 11) is 1.12. The molecule has 0 aliphatic rings. The highest BCUT2D eigenvalue weighted by atomic mass is 32.1. The van der Waals surface area contributed by atoms with Gasteiger partial charge in [0.25, 0.3) is 0 Å². The summed E-state index contributed by atoms with van der Waals surface area (Å²) in [6.07, 6.45) is 9.89. The first-order valence-corrected chi connectivity index (χ1v) is 12.5. The summed E-state index contributed by atoms with van der Waals surface area (Å²) in [6, 6.07) is 2.05. The highest BCUT2D eigenvalue weighted by Crippen LogP contribution is 2.33. The third-order valence-electron chi connectivity index (χ3n) is 5.29. The Hall–Kier alpha value is -2.63. The van der Waals surface area contributed by atoms with Crippen molar-refractivity contribution in [1.29, 1.82) is 0 Å². The topological polar surface area (TPSA) is 81.4 Å². The smallest absolute Gasteiger partial charge is 0.129 e. The number of nitrogens with zero attached hydrogens (tertiary/aromatic N) is 4. The molecular weight excluding hydrogens is 425 g/mol. The van der Waals surface area contributed by atoms with E-state index in [1.54, 1.807) is 11.3 Å². The van der Waals surface area contributed by atoms with Crippen LogP contribution in [0.25, 0.3) is 22.1 Å². The van der Waals surface area contributed by atoms with Crippen LogP contribution in [0, 0.1) is 5.92 Å². The van der Waals surface area contributed by atoms with Crippen LogP contribution in [0.3, 0.4) is 0 Å². The maximum Gasteiger partial charge on any atom is 0.129 e. The van der Waals surface area contributed by atoms with E-state index >= 15 is 0 Å². The summed E-state index contributed by atoms with van der Waals surface area (Å²) in [6.45, 7) is 9.79. The summed E-state index contributed by atoms with van der Waals surface area (Å²) >= 11 is 1.66. The van der Waals surface area contributed by atoms with E-state index in [0.717, 1.165) is 67.3 Å². The Bertz CT molecular complexity index is 1130. The number of thiophene rings is 1. The maximum atomic E-state index is 8.95. The van der Waals surface area contributed by atoms with Crippen LogP contribution in [-0.4, -0.2) is 24.5 Å². The molecule has 0 aromatic carbocycles. The first-order chi connectivity index (χ1) is 15.0. The van der Waals surface area contributed by atoms with Gasteiger partial charge in [-0.15, -0.1) is 0 Å². The number of anilines is 1. The van der Waals surface area contributed by atoms with Crippen molar-refractivity contribution in [2.75, 3.05) is 5.73 Å². The minimum absolute atomic E-state index is 0.329. The Balaban J connectivity index is 0.000000259. The molecule has 31 heavy (non-hydrogen) atoms. The summed E-state index contributed by atoms with van der Waals surface area (Å²) in [4.78, 5) is 0. The second-order valence-corrected chi connectivity index (χ2v) is 9.08. The van der Waals surface area contributed by atoms with Gasteiger partial charge in [-0.1, -0.05) is 33.8 Å². The van der Waals surface area contributed by atoms with E-state index in [9.17, 15) is 0 Å². The summed E-state index contributed by atoms with van der Waals surface area (Å²) in [5, 5.41) is 23.1. The van der Waals surface area contributed by atoms with Crippen molar-refractivity contribution < 1.29 is 5.11 Å². The zero-order valence-electron chi connectivity index (χ0n) is 18.3.